The second-order valence-electron chi connectivity index (χ2n) is 6.87. The highest BCUT2D eigenvalue weighted by molar-refractivity contribution is 5.96. The van der Waals surface area contributed by atoms with E-state index in [9.17, 15) is 14.4 Å². The molecule has 0 aromatic rings. The van der Waals surface area contributed by atoms with E-state index in [4.69, 9.17) is 9.47 Å². The number of carbonyl (C=O) groups excluding carboxylic acids is 3. The minimum Gasteiger partial charge on any atom is -0.465 e. The first kappa shape index (κ1) is 12.4. The molecule has 8 atom stereocenters. The van der Waals surface area contributed by atoms with Gasteiger partial charge in [0, 0.05) is 5.92 Å². The lowest BCUT2D eigenvalue weighted by Gasteiger charge is -2.36. The molecule has 2 bridgehead atoms. The van der Waals surface area contributed by atoms with Gasteiger partial charge >= 0.3 is 17.9 Å². The molecular weight excluding hydrogens is 260 g/mol. The Morgan fingerprint density at radius 2 is 1.65 bits per heavy atom. The molecule has 4 rings (SSSR count). The van der Waals surface area contributed by atoms with Crippen LogP contribution in [0.3, 0.4) is 0 Å². The summed E-state index contributed by atoms with van der Waals surface area (Å²) in [5.74, 6) is -0.355. The Morgan fingerprint density at radius 3 is 2.30 bits per heavy atom. The van der Waals surface area contributed by atoms with Gasteiger partial charge in [-0.1, -0.05) is 13.8 Å². The molecule has 5 nitrogen and oxygen atoms in total. The number of esters is 3. The number of ether oxygens (including phenoxy) is 2. The molecule has 8 unspecified atom stereocenters. The molecule has 20 heavy (non-hydrogen) atoms. The van der Waals surface area contributed by atoms with Crippen LogP contribution in [-0.2, 0) is 23.9 Å². The summed E-state index contributed by atoms with van der Waals surface area (Å²) in [6.45, 7) is 4.45. The number of hydrogen-bond acceptors (Lipinski definition) is 5. The molecule has 0 N–H and O–H groups in total. The molecule has 0 aromatic heterocycles. The molecule has 2 aliphatic carbocycles. The average Bonchev–Trinajstić information content (AvgIpc) is 3.07. The van der Waals surface area contributed by atoms with Crippen molar-refractivity contribution in [2.75, 3.05) is 6.61 Å². The zero-order valence-corrected chi connectivity index (χ0v) is 11.6. The standard InChI is InChI=1S/C15H18O5/c1-5-7-3-8(12-9(7)4-19-14(12)17)10(5)11-6(2)13(16)20-15(11)18/h5-12H,3-4H2,1-2H3. The van der Waals surface area contributed by atoms with Crippen molar-refractivity contribution in [2.45, 2.75) is 20.3 Å². The molecule has 0 aromatic carbocycles. The summed E-state index contributed by atoms with van der Waals surface area (Å²) in [6, 6.07) is 0. The van der Waals surface area contributed by atoms with Crippen LogP contribution < -0.4 is 0 Å². The van der Waals surface area contributed by atoms with Crippen LogP contribution in [0.1, 0.15) is 20.3 Å². The van der Waals surface area contributed by atoms with E-state index in [0.717, 1.165) is 6.42 Å². The first-order valence-electron chi connectivity index (χ1n) is 7.43. The highest BCUT2D eigenvalue weighted by Crippen LogP contribution is 2.63. The van der Waals surface area contributed by atoms with Crippen molar-refractivity contribution in [3.8, 4) is 0 Å². The largest absolute Gasteiger partial charge is 0.465 e. The lowest BCUT2D eigenvalue weighted by Crippen LogP contribution is -2.41. The van der Waals surface area contributed by atoms with Gasteiger partial charge in [0.05, 0.1) is 24.4 Å². The minimum atomic E-state index is -0.416. The molecule has 0 amide bonds. The van der Waals surface area contributed by atoms with E-state index < -0.39 is 11.9 Å². The van der Waals surface area contributed by atoms with Crippen molar-refractivity contribution in [1.82, 2.24) is 0 Å². The predicted molar refractivity (Wildman–Crippen MR) is 65.9 cm³/mol. The van der Waals surface area contributed by atoms with Crippen LogP contribution in [-0.4, -0.2) is 24.5 Å². The van der Waals surface area contributed by atoms with E-state index in [1.165, 1.54) is 0 Å². The second-order valence-corrected chi connectivity index (χ2v) is 6.87. The molecule has 2 heterocycles. The van der Waals surface area contributed by atoms with E-state index in [1.54, 1.807) is 6.92 Å². The number of hydrogen-bond donors (Lipinski definition) is 0. The quantitative estimate of drug-likeness (QED) is 0.529. The molecule has 5 heteroatoms. The molecular formula is C15H18O5. The highest BCUT2D eigenvalue weighted by Gasteiger charge is 2.65. The summed E-state index contributed by atoms with van der Waals surface area (Å²) < 4.78 is 10.0. The van der Waals surface area contributed by atoms with Gasteiger partial charge in [-0.15, -0.1) is 0 Å². The number of carbonyl (C=O) groups is 3. The molecule has 2 saturated heterocycles. The van der Waals surface area contributed by atoms with Crippen LogP contribution in [0.15, 0.2) is 0 Å². The fourth-order valence-corrected chi connectivity index (χ4v) is 5.44. The van der Waals surface area contributed by atoms with Crippen LogP contribution in [0.25, 0.3) is 0 Å². The van der Waals surface area contributed by atoms with Crippen LogP contribution in [0.2, 0.25) is 0 Å². The van der Waals surface area contributed by atoms with Crippen molar-refractivity contribution in [1.29, 1.82) is 0 Å². The van der Waals surface area contributed by atoms with Crippen molar-refractivity contribution in [2.24, 2.45) is 47.3 Å². The van der Waals surface area contributed by atoms with E-state index in [-0.39, 0.29) is 35.6 Å². The van der Waals surface area contributed by atoms with Crippen molar-refractivity contribution in [3.63, 3.8) is 0 Å². The van der Waals surface area contributed by atoms with Gasteiger partial charge in [-0.3, -0.25) is 14.4 Å². The Labute approximate surface area is 117 Å². The SMILES string of the molecule is CC1C(=O)OC(=O)C1C1C(C)C2CC1C1C(=O)OCC21. The van der Waals surface area contributed by atoms with Gasteiger partial charge in [0.2, 0.25) is 0 Å². The van der Waals surface area contributed by atoms with Crippen LogP contribution in [0.5, 0.6) is 0 Å². The minimum absolute atomic E-state index is 0.0584. The van der Waals surface area contributed by atoms with Gasteiger partial charge in [-0.05, 0) is 30.1 Å². The monoisotopic (exact) mass is 278 g/mol. The summed E-state index contributed by atoms with van der Waals surface area (Å²) in [5.41, 5.74) is 0. The van der Waals surface area contributed by atoms with Gasteiger partial charge in [0.15, 0.2) is 0 Å². The molecule has 108 valence electrons. The Morgan fingerprint density at radius 1 is 0.900 bits per heavy atom. The Balaban J connectivity index is 1.68. The Hall–Kier alpha value is -1.39. The Bertz CT molecular complexity index is 512. The van der Waals surface area contributed by atoms with Gasteiger partial charge in [0.1, 0.15) is 0 Å². The molecule has 4 aliphatic rings. The Kier molecular flexibility index (Phi) is 2.37. The third-order valence-corrected chi connectivity index (χ3v) is 6.28. The fourth-order valence-electron chi connectivity index (χ4n) is 5.44. The topological polar surface area (TPSA) is 69.7 Å². The van der Waals surface area contributed by atoms with E-state index in [1.807, 2.05) is 0 Å². The maximum atomic E-state index is 12.0. The number of cyclic esters (lactones) is 3. The maximum absolute atomic E-state index is 12.0. The van der Waals surface area contributed by atoms with Crippen molar-refractivity contribution in [3.05, 3.63) is 0 Å². The second kappa shape index (κ2) is 3.83. The van der Waals surface area contributed by atoms with Gasteiger partial charge < -0.3 is 9.47 Å². The third-order valence-electron chi connectivity index (χ3n) is 6.28. The van der Waals surface area contributed by atoms with Crippen LogP contribution in [0.4, 0.5) is 0 Å². The average molecular weight is 278 g/mol. The normalized spacial score (nSPS) is 53.2. The summed E-state index contributed by atoms with van der Waals surface area (Å²) in [5, 5.41) is 0. The fraction of sp³-hybridized carbons (Fsp3) is 0.800. The first-order valence-corrected chi connectivity index (χ1v) is 7.43. The first-order chi connectivity index (χ1) is 9.50. The van der Waals surface area contributed by atoms with E-state index >= 15 is 0 Å². The summed E-state index contributed by atoms with van der Waals surface area (Å²) >= 11 is 0. The van der Waals surface area contributed by atoms with Crippen molar-refractivity contribution < 1.29 is 23.9 Å². The lowest BCUT2D eigenvalue weighted by molar-refractivity contribution is -0.155. The molecule has 0 spiro atoms. The summed E-state index contributed by atoms with van der Waals surface area (Å²) in [6.07, 6.45) is 0.987. The number of fused-ring (bicyclic) bond motifs is 5. The summed E-state index contributed by atoms with van der Waals surface area (Å²) in [7, 11) is 0. The smallest absolute Gasteiger partial charge is 0.317 e. The van der Waals surface area contributed by atoms with Gasteiger partial charge in [-0.25, -0.2) is 0 Å². The lowest BCUT2D eigenvalue weighted by atomic mass is 9.64. The van der Waals surface area contributed by atoms with Crippen LogP contribution >= 0.6 is 0 Å². The third kappa shape index (κ3) is 1.31. The van der Waals surface area contributed by atoms with E-state index in [0.29, 0.717) is 24.4 Å². The molecule has 2 aliphatic heterocycles. The molecule has 4 fully saturated rings. The predicted octanol–water partition coefficient (Wildman–Crippen LogP) is 1.01. The molecule has 2 saturated carbocycles. The number of rotatable bonds is 1. The zero-order valence-electron chi connectivity index (χ0n) is 11.6. The van der Waals surface area contributed by atoms with Gasteiger partial charge in [0.25, 0.3) is 0 Å². The zero-order chi connectivity index (χ0) is 14.2. The highest BCUT2D eigenvalue weighted by atomic mass is 16.6. The van der Waals surface area contributed by atoms with Gasteiger partial charge in [-0.2, -0.15) is 0 Å². The maximum Gasteiger partial charge on any atom is 0.317 e. The van der Waals surface area contributed by atoms with Crippen LogP contribution in [0, 0.1) is 47.3 Å². The molecule has 0 radical (unpaired) electrons. The van der Waals surface area contributed by atoms with Crippen molar-refractivity contribution >= 4 is 17.9 Å². The summed E-state index contributed by atoms with van der Waals surface area (Å²) in [4.78, 5) is 35.6. The van der Waals surface area contributed by atoms with E-state index in [2.05, 4.69) is 6.92 Å².